The highest BCUT2D eigenvalue weighted by molar-refractivity contribution is 7.89. The minimum Gasteiger partial charge on any atom is -0.465 e. The molecule has 1 fully saturated rings. The molecule has 3 heterocycles. The van der Waals surface area contributed by atoms with Crippen LogP contribution in [0.3, 0.4) is 0 Å². The minimum absolute atomic E-state index is 0.212. The van der Waals surface area contributed by atoms with Crippen molar-refractivity contribution < 1.29 is 22.4 Å². The van der Waals surface area contributed by atoms with Crippen molar-refractivity contribution in [2.24, 2.45) is 0 Å². The highest BCUT2D eigenvalue weighted by Gasteiger charge is 2.38. The van der Waals surface area contributed by atoms with Crippen molar-refractivity contribution in [2.45, 2.75) is 57.0 Å². The monoisotopic (exact) mass is 445 g/mol. The predicted molar refractivity (Wildman–Crippen MR) is 115 cm³/mol. The van der Waals surface area contributed by atoms with Crippen molar-refractivity contribution in [3.63, 3.8) is 0 Å². The second-order valence-corrected chi connectivity index (χ2v) is 10.0. The molecule has 2 aliphatic heterocycles. The lowest BCUT2D eigenvalue weighted by Gasteiger charge is -2.26. The van der Waals surface area contributed by atoms with E-state index in [0.29, 0.717) is 30.1 Å². The normalized spacial score (nSPS) is 19.3. The summed E-state index contributed by atoms with van der Waals surface area (Å²) in [5, 5.41) is 2.82. The van der Waals surface area contributed by atoms with Crippen molar-refractivity contribution in [3.8, 4) is 0 Å². The van der Waals surface area contributed by atoms with Gasteiger partial charge in [-0.3, -0.25) is 14.5 Å². The number of fused-ring (bicyclic) bond motifs is 1. The summed E-state index contributed by atoms with van der Waals surface area (Å²) in [4.78, 5) is 26.8. The molecule has 2 aliphatic rings. The number of amides is 2. The van der Waals surface area contributed by atoms with Crippen LogP contribution in [0.4, 0.5) is 5.69 Å². The van der Waals surface area contributed by atoms with E-state index in [1.54, 1.807) is 18.2 Å². The molecule has 8 nitrogen and oxygen atoms in total. The Labute approximate surface area is 182 Å². The van der Waals surface area contributed by atoms with Gasteiger partial charge in [-0.15, -0.1) is 0 Å². The first-order valence-electron chi connectivity index (χ1n) is 10.5. The number of sulfonamides is 1. The molecule has 1 aromatic carbocycles. The Bertz CT molecular complexity index is 1100. The Morgan fingerprint density at radius 1 is 1.13 bits per heavy atom. The van der Waals surface area contributed by atoms with Crippen LogP contribution >= 0.6 is 0 Å². The molecule has 1 atom stereocenters. The number of hydrogen-bond acceptors (Lipinski definition) is 5. The smallest absolute Gasteiger partial charge is 0.243 e. The van der Waals surface area contributed by atoms with Gasteiger partial charge in [-0.05, 0) is 55.7 Å². The van der Waals surface area contributed by atoms with E-state index in [4.69, 9.17) is 4.42 Å². The number of rotatable bonds is 5. The lowest BCUT2D eigenvalue weighted by molar-refractivity contribution is -0.125. The molecule has 1 aromatic heterocycles. The molecule has 0 saturated carbocycles. The van der Waals surface area contributed by atoms with Crippen LogP contribution in [-0.2, 0) is 32.6 Å². The van der Waals surface area contributed by atoms with Crippen LogP contribution in [0.2, 0.25) is 0 Å². The molecule has 2 amide bonds. The number of hydrogen-bond donors (Lipinski definition) is 1. The molecule has 0 radical (unpaired) electrons. The number of anilines is 1. The van der Waals surface area contributed by atoms with Crippen LogP contribution in [0.25, 0.3) is 0 Å². The number of piperidine rings is 1. The summed E-state index contributed by atoms with van der Waals surface area (Å²) in [5.74, 6) is 0.816. The van der Waals surface area contributed by atoms with Gasteiger partial charge >= 0.3 is 0 Å². The van der Waals surface area contributed by atoms with Gasteiger partial charge < -0.3 is 9.73 Å². The number of carbonyl (C=O) groups excluding carboxylic acids is 2. The fourth-order valence-electron chi connectivity index (χ4n) is 4.31. The lowest BCUT2D eigenvalue weighted by atomic mass is 10.1. The fraction of sp³-hybridized carbons (Fsp3) is 0.455. The van der Waals surface area contributed by atoms with Crippen LogP contribution in [-0.4, -0.2) is 43.7 Å². The number of carbonyl (C=O) groups is 2. The molecule has 0 spiro atoms. The van der Waals surface area contributed by atoms with Gasteiger partial charge in [0.25, 0.3) is 0 Å². The molecule has 0 aliphatic carbocycles. The van der Waals surface area contributed by atoms with E-state index >= 15 is 0 Å². The fourth-order valence-corrected chi connectivity index (χ4v) is 5.88. The Balaban J connectivity index is 1.55. The molecular weight excluding hydrogens is 418 g/mol. The zero-order valence-electron chi connectivity index (χ0n) is 17.8. The van der Waals surface area contributed by atoms with Gasteiger partial charge in [0, 0.05) is 32.1 Å². The zero-order chi connectivity index (χ0) is 22.2. The highest BCUT2D eigenvalue weighted by atomic mass is 32.2. The Morgan fingerprint density at radius 3 is 2.52 bits per heavy atom. The summed E-state index contributed by atoms with van der Waals surface area (Å²) >= 11 is 0. The Kier molecular flexibility index (Phi) is 5.90. The van der Waals surface area contributed by atoms with Crippen LogP contribution in [0.1, 0.15) is 43.3 Å². The van der Waals surface area contributed by atoms with Gasteiger partial charge in [-0.1, -0.05) is 6.42 Å². The number of benzene rings is 1. The SMILES string of the molecule is CC(=O)N1c2ccc(S(=O)(=O)N3CCCCC3)cc2C[C@@H]1C(=O)NCc1ccc(C)o1. The van der Waals surface area contributed by atoms with Crippen LogP contribution < -0.4 is 10.2 Å². The van der Waals surface area contributed by atoms with Crippen molar-refractivity contribution in [1.82, 2.24) is 9.62 Å². The van der Waals surface area contributed by atoms with E-state index in [2.05, 4.69) is 5.32 Å². The van der Waals surface area contributed by atoms with Crippen molar-refractivity contribution in [2.75, 3.05) is 18.0 Å². The van der Waals surface area contributed by atoms with E-state index in [1.807, 2.05) is 13.0 Å². The van der Waals surface area contributed by atoms with Gasteiger partial charge in [0.1, 0.15) is 17.6 Å². The number of nitrogens with zero attached hydrogens (tertiary/aromatic N) is 2. The Morgan fingerprint density at radius 2 is 1.87 bits per heavy atom. The van der Waals surface area contributed by atoms with Crippen LogP contribution in [0.15, 0.2) is 39.6 Å². The molecule has 2 aromatic rings. The third-order valence-electron chi connectivity index (χ3n) is 5.86. The number of nitrogens with one attached hydrogen (secondary N) is 1. The molecule has 9 heteroatoms. The minimum atomic E-state index is -3.59. The first kappa shape index (κ1) is 21.6. The first-order valence-corrected chi connectivity index (χ1v) is 12.0. The van der Waals surface area contributed by atoms with Gasteiger partial charge in [-0.2, -0.15) is 4.31 Å². The standard InChI is InChI=1S/C22H27N3O5S/c1-15-6-7-18(30-15)14-23-22(27)21-13-17-12-19(8-9-20(17)25(21)16(2)26)31(28,29)24-10-4-3-5-11-24/h6-9,12,21H,3-5,10-11,13-14H2,1-2H3,(H,23,27)/t21-/m1/s1. The van der Waals surface area contributed by atoms with Crippen LogP contribution in [0, 0.1) is 6.92 Å². The number of furan rings is 1. The first-order chi connectivity index (χ1) is 14.8. The van der Waals surface area contributed by atoms with Gasteiger partial charge in [0.05, 0.1) is 11.4 Å². The maximum Gasteiger partial charge on any atom is 0.243 e. The Hall–Kier alpha value is -2.65. The predicted octanol–water partition coefficient (Wildman–Crippen LogP) is 2.36. The summed E-state index contributed by atoms with van der Waals surface area (Å²) in [6.07, 6.45) is 3.03. The average Bonchev–Trinajstić information content (AvgIpc) is 3.35. The topological polar surface area (TPSA) is 99.9 Å². The van der Waals surface area contributed by atoms with Gasteiger partial charge in [0.15, 0.2) is 0 Å². The molecule has 0 unspecified atom stereocenters. The highest BCUT2D eigenvalue weighted by Crippen LogP contribution is 2.35. The summed E-state index contributed by atoms with van der Waals surface area (Å²) < 4.78 is 33.1. The third kappa shape index (κ3) is 4.24. The third-order valence-corrected chi connectivity index (χ3v) is 7.76. The van der Waals surface area contributed by atoms with Crippen LogP contribution in [0.5, 0.6) is 0 Å². The van der Waals surface area contributed by atoms with Gasteiger partial charge in [0.2, 0.25) is 21.8 Å². The van der Waals surface area contributed by atoms with Crippen molar-refractivity contribution in [1.29, 1.82) is 0 Å². The largest absolute Gasteiger partial charge is 0.465 e. The molecule has 0 bridgehead atoms. The summed E-state index contributed by atoms with van der Waals surface area (Å²) in [5.41, 5.74) is 1.27. The molecule has 166 valence electrons. The van der Waals surface area contributed by atoms with E-state index < -0.39 is 16.1 Å². The quantitative estimate of drug-likeness (QED) is 0.762. The number of aryl methyl sites for hydroxylation is 1. The van der Waals surface area contributed by atoms with E-state index in [9.17, 15) is 18.0 Å². The average molecular weight is 446 g/mol. The summed E-state index contributed by atoms with van der Waals surface area (Å²) in [6, 6.07) is 7.66. The second-order valence-electron chi connectivity index (χ2n) is 8.09. The molecule has 4 rings (SSSR count). The molecule has 1 saturated heterocycles. The van der Waals surface area contributed by atoms with E-state index in [-0.39, 0.29) is 29.7 Å². The van der Waals surface area contributed by atoms with E-state index in [0.717, 1.165) is 25.0 Å². The maximum absolute atomic E-state index is 13.0. The summed E-state index contributed by atoms with van der Waals surface area (Å²) in [7, 11) is -3.59. The van der Waals surface area contributed by atoms with Gasteiger partial charge in [-0.25, -0.2) is 8.42 Å². The van der Waals surface area contributed by atoms with Crippen molar-refractivity contribution in [3.05, 3.63) is 47.4 Å². The summed E-state index contributed by atoms with van der Waals surface area (Å²) in [6.45, 7) is 4.50. The maximum atomic E-state index is 13.0. The molecule has 1 N–H and O–H groups in total. The van der Waals surface area contributed by atoms with E-state index in [1.165, 1.54) is 22.2 Å². The second kappa shape index (κ2) is 8.47. The van der Waals surface area contributed by atoms with Crippen molar-refractivity contribution >= 4 is 27.5 Å². The lowest BCUT2D eigenvalue weighted by Crippen LogP contribution is -2.47. The molecular formula is C22H27N3O5S. The molecule has 31 heavy (non-hydrogen) atoms. The zero-order valence-corrected chi connectivity index (χ0v) is 18.6.